The molecule has 0 fully saturated rings. The second kappa shape index (κ2) is 9.80. The molecule has 10 heteroatoms. The zero-order chi connectivity index (χ0) is 27.1. The lowest BCUT2D eigenvalue weighted by Gasteiger charge is -2.15. The van der Waals surface area contributed by atoms with Crippen molar-refractivity contribution in [2.45, 2.75) is 0 Å². The number of halogens is 3. The van der Waals surface area contributed by atoms with Gasteiger partial charge in [-0.05, 0) is 54.6 Å². The molecule has 0 atom stereocenters. The molecule has 1 amide bonds. The van der Waals surface area contributed by atoms with Crippen molar-refractivity contribution in [2.75, 3.05) is 5.32 Å². The number of benzene rings is 3. The summed E-state index contributed by atoms with van der Waals surface area (Å²) in [5.41, 5.74) is 0.527. The Hall–Kier alpha value is -4.83. The maximum atomic E-state index is 15.0. The number of rotatable bonds is 5. The summed E-state index contributed by atoms with van der Waals surface area (Å²) in [5.74, 6) is -1.68. The lowest BCUT2D eigenvalue weighted by molar-refractivity contribution is 0.102. The van der Waals surface area contributed by atoms with E-state index < -0.39 is 23.0 Å². The first kappa shape index (κ1) is 24.5. The minimum Gasteiger partial charge on any atom is -0.453 e. The summed E-state index contributed by atoms with van der Waals surface area (Å²) in [5, 5.41) is 3.48. The number of carbonyl (C=O) groups excluding carboxylic acids is 1. The Morgan fingerprint density at radius 2 is 1.79 bits per heavy atom. The lowest BCUT2D eigenvalue weighted by Crippen LogP contribution is -2.24. The van der Waals surface area contributed by atoms with Crippen LogP contribution in [0.2, 0.25) is 0 Å². The summed E-state index contributed by atoms with van der Waals surface area (Å²) in [7, 11) is 0. The van der Waals surface area contributed by atoms with E-state index in [9.17, 15) is 18.4 Å². The SMILES string of the molecule is O=C(Nc1ccc(Oc2ccnc3[nH]ccc23)c(F)c1)c1cn(-c2ccc(Br)cc2F)c2ccccc2c1=O. The van der Waals surface area contributed by atoms with E-state index in [-0.39, 0.29) is 28.1 Å². The smallest absolute Gasteiger partial charge is 0.261 e. The summed E-state index contributed by atoms with van der Waals surface area (Å²) >= 11 is 3.24. The average molecular weight is 587 g/mol. The van der Waals surface area contributed by atoms with Gasteiger partial charge in [-0.2, -0.15) is 0 Å². The molecule has 0 saturated heterocycles. The van der Waals surface area contributed by atoms with Crippen LogP contribution in [0.4, 0.5) is 14.5 Å². The molecule has 3 aromatic heterocycles. The molecule has 0 spiro atoms. The molecule has 3 heterocycles. The van der Waals surface area contributed by atoms with Crippen molar-refractivity contribution in [2.24, 2.45) is 0 Å². The molecule has 6 rings (SSSR count). The van der Waals surface area contributed by atoms with Crippen LogP contribution in [0.5, 0.6) is 11.5 Å². The van der Waals surface area contributed by atoms with Gasteiger partial charge in [-0.25, -0.2) is 13.8 Å². The van der Waals surface area contributed by atoms with Gasteiger partial charge < -0.3 is 19.6 Å². The highest BCUT2D eigenvalue weighted by Gasteiger charge is 2.19. The fourth-order valence-electron chi connectivity index (χ4n) is 4.32. The number of nitrogens with zero attached hydrogens (tertiary/aromatic N) is 2. The standard InChI is InChI=1S/C29H17BrF2N4O3/c30-16-5-7-24(21(31)13-16)36-15-20(27(37)18-3-1-2-4-23(18)36)29(38)35-17-6-8-26(22(32)14-17)39-25-10-12-34-28-19(25)9-11-33-28/h1-15H,(H,33,34)(H,35,38). The minimum atomic E-state index is -0.770. The van der Waals surface area contributed by atoms with Gasteiger partial charge in [0.25, 0.3) is 5.91 Å². The number of fused-ring (bicyclic) bond motifs is 2. The molecule has 7 nitrogen and oxygen atoms in total. The monoisotopic (exact) mass is 586 g/mol. The average Bonchev–Trinajstić information content (AvgIpc) is 3.41. The molecule has 3 aromatic carbocycles. The van der Waals surface area contributed by atoms with Crippen molar-refractivity contribution in [1.29, 1.82) is 0 Å². The molecule has 2 N–H and O–H groups in total. The molecule has 0 radical (unpaired) electrons. The Kier molecular flexibility index (Phi) is 6.16. The number of ether oxygens (including phenoxy) is 1. The van der Waals surface area contributed by atoms with Gasteiger partial charge in [0.2, 0.25) is 5.43 Å². The van der Waals surface area contributed by atoms with E-state index in [2.05, 4.69) is 31.2 Å². The molecular weight excluding hydrogens is 570 g/mol. The summed E-state index contributed by atoms with van der Waals surface area (Å²) in [6.07, 6.45) is 4.52. The molecule has 0 unspecified atom stereocenters. The van der Waals surface area contributed by atoms with Crippen molar-refractivity contribution >= 4 is 49.5 Å². The molecule has 0 saturated carbocycles. The van der Waals surface area contributed by atoms with Crippen LogP contribution >= 0.6 is 15.9 Å². The van der Waals surface area contributed by atoms with Gasteiger partial charge >= 0.3 is 0 Å². The van der Waals surface area contributed by atoms with E-state index in [4.69, 9.17) is 4.74 Å². The largest absolute Gasteiger partial charge is 0.453 e. The van der Waals surface area contributed by atoms with Crippen LogP contribution in [0.25, 0.3) is 27.6 Å². The number of pyridine rings is 2. The van der Waals surface area contributed by atoms with Gasteiger partial charge in [0, 0.05) is 40.2 Å². The first-order chi connectivity index (χ1) is 18.9. The third kappa shape index (κ3) is 4.55. The fraction of sp³-hybridized carbons (Fsp3) is 0. The number of carbonyl (C=O) groups is 1. The normalized spacial score (nSPS) is 11.2. The number of amides is 1. The molecule has 0 aliphatic heterocycles. The molecule has 0 aliphatic rings. The van der Waals surface area contributed by atoms with Crippen LogP contribution in [0.15, 0.2) is 101 Å². The van der Waals surface area contributed by atoms with Crippen molar-refractivity contribution in [3.8, 4) is 17.2 Å². The fourth-order valence-corrected chi connectivity index (χ4v) is 4.65. The molecular formula is C29H17BrF2N4O3. The number of aromatic amines is 1. The summed E-state index contributed by atoms with van der Waals surface area (Å²) in [6.45, 7) is 0. The topological polar surface area (TPSA) is 89.0 Å². The first-order valence-electron chi connectivity index (χ1n) is 11.7. The van der Waals surface area contributed by atoms with Gasteiger partial charge in [-0.15, -0.1) is 0 Å². The van der Waals surface area contributed by atoms with Crippen LogP contribution in [-0.4, -0.2) is 20.4 Å². The highest BCUT2D eigenvalue weighted by molar-refractivity contribution is 9.10. The van der Waals surface area contributed by atoms with Crippen LogP contribution < -0.4 is 15.5 Å². The maximum absolute atomic E-state index is 15.0. The third-order valence-corrected chi connectivity index (χ3v) is 6.65. The van der Waals surface area contributed by atoms with Crippen LogP contribution in [-0.2, 0) is 0 Å². The van der Waals surface area contributed by atoms with E-state index in [0.29, 0.717) is 26.8 Å². The predicted octanol–water partition coefficient (Wildman–Crippen LogP) is 6.95. The number of anilines is 1. The zero-order valence-corrected chi connectivity index (χ0v) is 21.5. The number of hydrogen-bond acceptors (Lipinski definition) is 4. The van der Waals surface area contributed by atoms with Crippen LogP contribution in [0, 0.1) is 11.6 Å². The molecule has 192 valence electrons. The van der Waals surface area contributed by atoms with Gasteiger partial charge in [-0.1, -0.05) is 28.1 Å². The number of H-pyrrole nitrogens is 1. The maximum Gasteiger partial charge on any atom is 0.261 e. The molecule has 6 aromatic rings. The number of hydrogen-bond donors (Lipinski definition) is 2. The quantitative estimate of drug-likeness (QED) is 0.229. The van der Waals surface area contributed by atoms with Gasteiger partial charge in [0.1, 0.15) is 22.8 Å². The second-order valence-electron chi connectivity index (χ2n) is 8.61. The number of nitrogens with one attached hydrogen (secondary N) is 2. The first-order valence-corrected chi connectivity index (χ1v) is 12.5. The lowest BCUT2D eigenvalue weighted by atomic mass is 10.1. The Morgan fingerprint density at radius 1 is 0.949 bits per heavy atom. The van der Waals surface area contributed by atoms with Crippen LogP contribution in [0.1, 0.15) is 10.4 Å². The summed E-state index contributed by atoms with van der Waals surface area (Å²) in [4.78, 5) is 33.6. The van der Waals surface area contributed by atoms with Gasteiger partial charge in [0.05, 0.1) is 16.6 Å². The van der Waals surface area contributed by atoms with Crippen LogP contribution in [0.3, 0.4) is 0 Å². The molecule has 0 bridgehead atoms. The Labute approximate surface area is 227 Å². The van der Waals surface area contributed by atoms with E-state index >= 15 is 0 Å². The second-order valence-corrected chi connectivity index (χ2v) is 9.52. The summed E-state index contributed by atoms with van der Waals surface area (Å²) < 4.78 is 37.5. The van der Waals surface area contributed by atoms with Crippen molar-refractivity contribution in [1.82, 2.24) is 14.5 Å². The highest BCUT2D eigenvalue weighted by Crippen LogP contribution is 2.31. The highest BCUT2D eigenvalue weighted by atomic mass is 79.9. The predicted molar refractivity (Wildman–Crippen MR) is 148 cm³/mol. The molecule has 0 aliphatic carbocycles. The van der Waals surface area contributed by atoms with Gasteiger partial charge in [0.15, 0.2) is 11.6 Å². The van der Waals surface area contributed by atoms with E-state index in [0.717, 1.165) is 6.07 Å². The zero-order valence-electron chi connectivity index (χ0n) is 19.9. The Balaban J connectivity index is 1.33. The van der Waals surface area contributed by atoms with E-state index in [1.807, 2.05) is 0 Å². The third-order valence-electron chi connectivity index (χ3n) is 6.15. The number of para-hydroxylation sites is 1. The van der Waals surface area contributed by atoms with Gasteiger partial charge in [-0.3, -0.25) is 9.59 Å². The van der Waals surface area contributed by atoms with Crippen molar-refractivity contribution in [3.05, 3.63) is 123 Å². The Bertz CT molecular complexity index is 1970. The van der Waals surface area contributed by atoms with Crippen molar-refractivity contribution < 1.29 is 18.3 Å². The summed E-state index contributed by atoms with van der Waals surface area (Å²) in [6, 6.07) is 18.4. The minimum absolute atomic E-state index is 0.0551. The number of aromatic nitrogens is 3. The van der Waals surface area contributed by atoms with Crippen molar-refractivity contribution in [3.63, 3.8) is 0 Å². The van der Waals surface area contributed by atoms with E-state index in [1.165, 1.54) is 41.2 Å². The van der Waals surface area contributed by atoms with E-state index in [1.54, 1.807) is 48.7 Å². The molecule has 39 heavy (non-hydrogen) atoms. The Morgan fingerprint density at radius 3 is 2.62 bits per heavy atom.